The fraction of sp³-hybridized carbons (Fsp3) is 0.200. The highest BCUT2D eigenvalue weighted by atomic mass is 35.5. The fourth-order valence-electron chi connectivity index (χ4n) is 5.44. The number of nitrogens with one attached hydrogen (secondary N) is 2. The van der Waals surface area contributed by atoms with E-state index in [1.165, 1.54) is 0 Å². The number of pyridine rings is 1. The second-order valence-corrected chi connectivity index (χ2v) is 10.5. The van der Waals surface area contributed by atoms with Crippen molar-refractivity contribution in [3.63, 3.8) is 0 Å². The Hall–Kier alpha value is -4.63. The third-order valence-electron chi connectivity index (χ3n) is 7.40. The maximum atomic E-state index is 14.0. The Morgan fingerprint density at radius 2 is 1.93 bits per heavy atom. The van der Waals surface area contributed by atoms with Gasteiger partial charge in [-0.05, 0) is 54.1 Å². The van der Waals surface area contributed by atoms with Crippen molar-refractivity contribution in [3.05, 3.63) is 101 Å². The van der Waals surface area contributed by atoms with Gasteiger partial charge >= 0.3 is 6.09 Å². The van der Waals surface area contributed by atoms with Crippen LogP contribution in [-0.2, 0) is 21.6 Å². The van der Waals surface area contributed by atoms with Crippen molar-refractivity contribution in [1.29, 1.82) is 0 Å². The van der Waals surface area contributed by atoms with E-state index in [0.717, 1.165) is 16.5 Å². The van der Waals surface area contributed by atoms with E-state index < -0.39 is 17.7 Å². The minimum atomic E-state index is -1.02. The Morgan fingerprint density at radius 3 is 2.75 bits per heavy atom. The van der Waals surface area contributed by atoms with Gasteiger partial charge in [0.2, 0.25) is 5.91 Å². The number of halogens is 1. The average Bonchev–Trinajstić information content (AvgIpc) is 3.37. The summed E-state index contributed by atoms with van der Waals surface area (Å²) < 4.78 is 5.79. The van der Waals surface area contributed by atoms with Gasteiger partial charge in [-0.2, -0.15) is 0 Å². The standard InChI is InChI=1S/C30H26ClN5O4/c31-21-8-10-24-22(16-21)30(40-29(39)35-24)12-13-36(17-30)28(38)25(14-18-4-2-1-3-5-18)34-27(37)20-6-9-23-19(15-20)7-11-26(32)33-23/h1-11,15-16,25H,12-14,17H2,(H2,32,33)(H,34,37)(H,35,39)/t25-,30?/m0/s1. The van der Waals surface area contributed by atoms with Crippen LogP contribution in [0.2, 0.25) is 5.02 Å². The zero-order chi connectivity index (χ0) is 27.9. The number of ether oxygens (including phenoxy) is 1. The summed E-state index contributed by atoms with van der Waals surface area (Å²) in [5, 5.41) is 6.92. The Labute approximate surface area is 235 Å². The summed E-state index contributed by atoms with van der Waals surface area (Å²) in [6.45, 7) is 0.499. The molecule has 2 aliphatic rings. The molecule has 3 amide bonds. The van der Waals surface area contributed by atoms with E-state index in [0.29, 0.717) is 47.0 Å². The molecular formula is C30H26ClN5O4. The van der Waals surface area contributed by atoms with Gasteiger partial charge in [0.25, 0.3) is 5.91 Å². The molecule has 0 saturated carbocycles. The number of carbonyl (C=O) groups excluding carboxylic acids is 3. The van der Waals surface area contributed by atoms with Gasteiger partial charge in [0, 0.05) is 40.9 Å². The molecule has 40 heavy (non-hydrogen) atoms. The number of likely N-dealkylation sites (tertiary alicyclic amines) is 1. The minimum absolute atomic E-state index is 0.150. The minimum Gasteiger partial charge on any atom is -0.436 e. The van der Waals surface area contributed by atoms with E-state index in [1.54, 1.807) is 53.4 Å². The smallest absolute Gasteiger partial charge is 0.412 e. The molecule has 0 radical (unpaired) electrons. The monoisotopic (exact) mass is 555 g/mol. The van der Waals surface area contributed by atoms with Crippen LogP contribution in [-0.4, -0.2) is 46.9 Å². The number of amides is 3. The summed E-state index contributed by atoms with van der Waals surface area (Å²) in [5.74, 6) is -0.249. The lowest BCUT2D eigenvalue weighted by Crippen LogP contribution is -2.50. The van der Waals surface area contributed by atoms with Gasteiger partial charge in [-0.15, -0.1) is 0 Å². The van der Waals surface area contributed by atoms with Crippen LogP contribution in [0.3, 0.4) is 0 Å². The second-order valence-electron chi connectivity index (χ2n) is 10.1. The van der Waals surface area contributed by atoms with E-state index in [2.05, 4.69) is 15.6 Å². The Kier molecular flexibility index (Phi) is 6.51. The maximum absolute atomic E-state index is 14.0. The summed E-state index contributed by atoms with van der Waals surface area (Å²) in [6, 6.07) is 22.4. The van der Waals surface area contributed by atoms with Crippen molar-refractivity contribution >= 4 is 51.9 Å². The quantitative estimate of drug-likeness (QED) is 0.333. The Balaban J connectivity index is 1.27. The Bertz CT molecular complexity index is 1650. The SMILES string of the molecule is Nc1ccc2cc(C(=O)N[C@@H](Cc3ccccc3)C(=O)N3CCC4(C3)OC(=O)Nc3ccc(Cl)cc34)ccc2n1. The van der Waals surface area contributed by atoms with E-state index >= 15 is 0 Å². The number of carbonyl (C=O) groups is 3. The first-order chi connectivity index (χ1) is 19.3. The lowest BCUT2D eigenvalue weighted by Gasteiger charge is -2.35. The third kappa shape index (κ3) is 4.91. The number of benzene rings is 3. The van der Waals surface area contributed by atoms with Gasteiger partial charge in [-0.1, -0.05) is 41.9 Å². The number of anilines is 2. The summed E-state index contributed by atoms with van der Waals surface area (Å²) in [5.41, 5.74) is 8.07. The van der Waals surface area contributed by atoms with Gasteiger partial charge in [0.1, 0.15) is 11.9 Å². The van der Waals surface area contributed by atoms with Crippen LogP contribution in [0.1, 0.15) is 27.9 Å². The van der Waals surface area contributed by atoms with Crippen LogP contribution in [0.15, 0.2) is 78.9 Å². The molecule has 0 aliphatic carbocycles. The molecule has 2 atom stereocenters. The molecule has 202 valence electrons. The number of fused-ring (bicyclic) bond motifs is 3. The van der Waals surface area contributed by atoms with Crippen LogP contribution in [0, 0.1) is 0 Å². The van der Waals surface area contributed by atoms with Gasteiger partial charge < -0.3 is 20.7 Å². The van der Waals surface area contributed by atoms with Gasteiger partial charge in [0.15, 0.2) is 5.60 Å². The summed E-state index contributed by atoms with van der Waals surface area (Å²) >= 11 is 6.27. The lowest BCUT2D eigenvalue weighted by molar-refractivity contribution is -0.133. The molecule has 1 spiro atoms. The molecule has 4 aromatic rings. The van der Waals surface area contributed by atoms with Crippen molar-refractivity contribution in [1.82, 2.24) is 15.2 Å². The van der Waals surface area contributed by atoms with Crippen molar-refractivity contribution in [2.75, 3.05) is 24.1 Å². The van der Waals surface area contributed by atoms with E-state index in [1.807, 2.05) is 30.3 Å². The third-order valence-corrected chi connectivity index (χ3v) is 7.63. The molecular weight excluding hydrogens is 530 g/mol. The lowest BCUT2D eigenvalue weighted by atomic mass is 9.90. The zero-order valence-corrected chi connectivity index (χ0v) is 22.1. The predicted octanol–water partition coefficient (Wildman–Crippen LogP) is 4.50. The first kappa shape index (κ1) is 25.6. The highest BCUT2D eigenvalue weighted by molar-refractivity contribution is 6.30. The van der Waals surface area contributed by atoms with Crippen molar-refractivity contribution in [2.45, 2.75) is 24.5 Å². The summed E-state index contributed by atoms with van der Waals surface area (Å²) in [4.78, 5) is 45.7. The molecule has 3 aromatic carbocycles. The molecule has 1 saturated heterocycles. The number of nitrogens with zero attached hydrogens (tertiary/aromatic N) is 2. The van der Waals surface area contributed by atoms with Gasteiger partial charge in [-0.3, -0.25) is 14.9 Å². The number of rotatable bonds is 5. The fourth-order valence-corrected chi connectivity index (χ4v) is 5.61. The van der Waals surface area contributed by atoms with Gasteiger partial charge in [-0.25, -0.2) is 9.78 Å². The highest BCUT2D eigenvalue weighted by Crippen LogP contribution is 2.43. The predicted molar refractivity (Wildman–Crippen MR) is 152 cm³/mol. The molecule has 1 aromatic heterocycles. The van der Waals surface area contributed by atoms with Crippen LogP contribution in [0.25, 0.3) is 10.9 Å². The molecule has 4 N–H and O–H groups in total. The molecule has 3 heterocycles. The van der Waals surface area contributed by atoms with Crippen molar-refractivity contribution < 1.29 is 19.1 Å². The second kappa shape index (κ2) is 10.2. The largest absolute Gasteiger partial charge is 0.436 e. The molecule has 10 heteroatoms. The molecule has 0 bridgehead atoms. The topological polar surface area (TPSA) is 127 Å². The van der Waals surface area contributed by atoms with E-state index in [4.69, 9.17) is 22.1 Å². The summed E-state index contributed by atoms with van der Waals surface area (Å²) in [7, 11) is 0. The maximum Gasteiger partial charge on any atom is 0.412 e. The zero-order valence-electron chi connectivity index (χ0n) is 21.4. The summed E-state index contributed by atoms with van der Waals surface area (Å²) in [6.07, 6.45) is 0.127. The molecule has 6 rings (SSSR count). The highest BCUT2D eigenvalue weighted by Gasteiger charge is 2.49. The molecule has 1 fully saturated rings. The number of aromatic nitrogens is 1. The normalized spacial score (nSPS) is 18.6. The molecule has 1 unspecified atom stereocenters. The van der Waals surface area contributed by atoms with Crippen molar-refractivity contribution in [2.24, 2.45) is 0 Å². The number of hydrogen-bond donors (Lipinski definition) is 3. The van der Waals surface area contributed by atoms with Crippen LogP contribution < -0.4 is 16.4 Å². The first-order valence-electron chi connectivity index (χ1n) is 12.9. The van der Waals surface area contributed by atoms with Crippen LogP contribution >= 0.6 is 11.6 Å². The molecule has 9 nitrogen and oxygen atoms in total. The molecule has 2 aliphatic heterocycles. The first-order valence-corrected chi connectivity index (χ1v) is 13.3. The van der Waals surface area contributed by atoms with E-state index in [-0.39, 0.29) is 18.4 Å². The average molecular weight is 556 g/mol. The number of hydrogen-bond acceptors (Lipinski definition) is 6. The number of nitrogen functional groups attached to an aromatic ring is 1. The number of nitrogens with two attached hydrogens (primary N) is 1. The van der Waals surface area contributed by atoms with E-state index in [9.17, 15) is 14.4 Å². The van der Waals surface area contributed by atoms with Crippen molar-refractivity contribution in [3.8, 4) is 0 Å². The van der Waals surface area contributed by atoms with Crippen LogP contribution in [0.4, 0.5) is 16.3 Å². The Morgan fingerprint density at radius 1 is 1.10 bits per heavy atom. The van der Waals surface area contributed by atoms with Gasteiger partial charge in [0.05, 0.1) is 17.7 Å². The van der Waals surface area contributed by atoms with Crippen LogP contribution in [0.5, 0.6) is 0 Å².